The first-order chi connectivity index (χ1) is 8.86. The Balaban J connectivity index is 2.08. The quantitative estimate of drug-likeness (QED) is 0.838. The van der Waals surface area contributed by atoms with E-state index in [-0.39, 0.29) is 16.6 Å². The normalized spacial score (nSPS) is 17.9. The maximum Gasteiger partial charge on any atom is 0.163 e. The molecule has 1 aromatic carbocycles. The Bertz CT molecular complexity index is 444. The van der Waals surface area contributed by atoms with E-state index in [1.807, 2.05) is 12.1 Å². The van der Waals surface area contributed by atoms with E-state index >= 15 is 0 Å². The highest BCUT2D eigenvalue weighted by Gasteiger charge is 2.37. The van der Waals surface area contributed by atoms with Gasteiger partial charge < -0.3 is 5.73 Å². The topological polar surface area (TPSA) is 43.1 Å². The smallest absolute Gasteiger partial charge is 0.163 e. The molecule has 1 saturated carbocycles. The zero-order valence-electron chi connectivity index (χ0n) is 12.3. The van der Waals surface area contributed by atoms with E-state index in [2.05, 4.69) is 32.9 Å². The third-order valence-electron chi connectivity index (χ3n) is 4.46. The van der Waals surface area contributed by atoms with E-state index in [1.165, 1.54) is 12.0 Å². The van der Waals surface area contributed by atoms with Crippen LogP contribution < -0.4 is 5.73 Å². The number of carbonyl (C=O) groups excluding carboxylic acids is 1. The van der Waals surface area contributed by atoms with Crippen LogP contribution in [0.5, 0.6) is 0 Å². The first-order valence-electron chi connectivity index (χ1n) is 7.20. The van der Waals surface area contributed by atoms with Crippen molar-refractivity contribution in [3.05, 3.63) is 35.4 Å². The predicted molar refractivity (Wildman–Crippen MR) is 79.4 cm³/mol. The molecule has 0 amide bonds. The molecule has 0 radical (unpaired) electrons. The van der Waals surface area contributed by atoms with E-state index in [0.717, 1.165) is 18.4 Å². The Morgan fingerprint density at radius 1 is 1.21 bits per heavy atom. The fourth-order valence-corrected chi connectivity index (χ4v) is 2.73. The molecule has 19 heavy (non-hydrogen) atoms. The van der Waals surface area contributed by atoms with Crippen LogP contribution in [0.4, 0.5) is 0 Å². The van der Waals surface area contributed by atoms with E-state index in [4.69, 9.17) is 5.73 Å². The van der Waals surface area contributed by atoms with Crippen molar-refractivity contribution in [2.75, 3.05) is 6.54 Å². The maximum absolute atomic E-state index is 12.3. The lowest BCUT2D eigenvalue weighted by atomic mass is 9.65. The monoisotopic (exact) mass is 259 g/mol. The van der Waals surface area contributed by atoms with Gasteiger partial charge in [-0.25, -0.2) is 0 Å². The lowest BCUT2D eigenvalue weighted by Gasteiger charge is -2.40. The summed E-state index contributed by atoms with van der Waals surface area (Å²) in [5.74, 6) is 0.241. The zero-order valence-corrected chi connectivity index (χ0v) is 12.3. The first kappa shape index (κ1) is 14.3. The summed E-state index contributed by atoms with van der Waals surface area (Å²) in [6, 6.07) is 8.07. The van der Waals surface area contributed by atoms with Gasteiger partial charge in [-0.05, 0) is 35.8 Å². The second kappa shape index (κ2) is 5.09. The second-order valence-electron chi connectivity index (χ2n) is 6.98. The van der Waals surface area contributed by atoms with Gasteiger partial charge in [0.1, 0.15) is 0 Å². The Morgan fingerprint density at radius 2 is 1.79 bits per heavy atom. The van der Waals surface area contributed by atoms with Crippen molar-refractivity contribution in [2.24, 2.45) is 11.1 Å². The summed E-state index contributed by atoms with van der Waals surface area (Å²) in [6.45, 7) is 7.18. The molecule has 1 aliphatic rings. The summed E-state index contributed by atoms with van der Waals surface area (Å²) in [7, 11) is 0. The van der Waals surface area contributed by atoms with Crippen molar-refractivity contribution in [3.8, 4) is 0 Å². The van der Waals surface area contributed by atoms with Gasteiger partial charge in [0.05, 0.1) is 0 Å². The Kier molecular flexibility index (Phi) is 3.82. The lowest BCUT2D eigenvalue weighted by Crippen LogP contribution is -2.39. The molecule has 2 nitrogen and oxygen atoms in total. The second-order valence-corrected chi connectivity index (χ2v) is 6.98. The fourth-order valence-electron chi connectivity index (χ4n) is 2.73. The molecule has 2 N–H and O–H groups in total. The van der Waals surface area contributed by atoms with Crippen LogP contribution in [0, 0.1) is 5.41 Å². The molecular formula is C17H25NO. The lowest BCUT2D eigenvalue weighted by molar-refractivity contribution is 0.0786. The van der Waals surface area contributed by atoms with Gasteiger partial charge in [0.25, 0.3) is 0 Å². The summed E-state index contributed by atoms with van der Waals surface area (Å²) in [6.07, 6.45) is 4.04. The Labute approximate surface area is 116 Å². The summed E-state index contributed by atoms with van der Waals surface area (Å²) in [4.78, 5) is 12.3. The number of benzene rings is 1. The molecule has 1 fully saturated rings. The van der Waals surface area contributed by atoms with Gasteiger partial charge in [0.15, 0.2) is 5.78 Å². The Hall–Kier alpha value is -1.15. The minimum Gasteiger partial charge on any atom is -0.330 e. The van der Waals surface area contributed by atoms with Crippen LogP contribution in [0.1, 0.15) is 62.4 Å². The highest BCUT2D eigenvalue weighted by atomic mass is 16.1. The number of hydrogen-bond donors (Lipinski definition) is 1. The first-order valence-corrected chi connectivity index (χ1v) is 7.20. The van der Waals surface area contributed by atoms with E-state index in [0.29, 0.717) is 13.0 Å². The molecule has 2 rings (SSSR count). The van der Waals surface area contributed by atoms with Crippen LogP contribution in [0.15, 0.2) is 24.3 Å². The van der Waals surface area contributed by atoms with Gasteiger partial charge in [0.2, 0.25) is 0 Å². The van der Waals surface area contributed by atoms with E-state index < -0.39 is 0 Å². The largest absolute Gasteiger partial charge is 0.330 e. The molecule has 2 heteroatoms. The van der Waals surface area contributed by atoms with Crippen molar-refractivity contribution in [1.29, 1.82) is 0 Å². The van der Waals surface area contributed by atoms with Gasteiger partial charge in [-0.2, -0.15) is 0 Å². The molecule has 0 aliphatic heterocycles. The Morgan fingerprint density at radius 3 is 2.16 bits per heavy atom. The van der Waals surface area contributed by atoms with Crippen molar-refractivity contribution in [1.82, 2.24) is 0 Å². The molecule has 1 aliphatic carbocycles. The highest BCUT2D eigenvalue weighted by Crippen LogP contribution is 2.43. The number of carbonyl (C=O) groups is 1. The fraction of sp³-hybridized carbons (Fsp3) is 0.588. The number of rotatable bonds is 4. The maximum atomic E-state index is 12.3. The predicted octanol–water partition coefficient (Wildman–Crippen LogP) is 3.69. The summed E-state index contributed by atoms with van der Waals surface area (Å²) >= 11 is 0. The number of ketones is 1. The third-order valence-corrected chi connectivity index (χ3v) is 4.46. The van der Waals surface area contributed by atoms with E-state index in [9.17, 15) is 4.79 Å². The molecule has 0 heterocycles. The summed E-state index contributed by atoms with van der Waals surface area (Å²) in [5.41, 5.74) is 8.15. The number of nitrogens with two attached hydrogens (primary N) is 1. The minimum atomic E-state index is 0.0970. The average Bonchev–Trinajstić information content (AvgIpc) is 2.32. The molecule has 0 aromatic heterocycles. The van der Waals surface area contributed by atoms with E-state index in [1.54, 1.807) is 0 Å². The van der Waals surface area contributed by atoms with Gasteiger partial charge in [-0.15, -0.1) is 0 Å². The number of hydrogen-bond acceptors (Lipinski definition) is 2. The van der Waals surface area contributed by atoms with Crippen LogP contribution in [-0.4, -0.2) is 12.3 Å². The molecular weight excluding hydrogens is 234 g/mol. The molecule has 0 atom stereocenters. The molecule has 0 bridgehead atoms. The zero-order chi connectivity index (χ0) is 14.1. The highest BCUT2D eigenvalue weighted by molar-refractivity contribution is 5.96. The van der Waals surface area contributed by atoms with Crippen molar-refractivity contribution in [3.63, 3.8) is 0 Å². The molecule has 1 aromatic rings. The van der Waals surface area contributed by atoms with Crippen LogP contribution in [0.25, 0.3) is 0 Å². The van der Waals surface area contributed by atoms with Gasteiger partial charge in [0, 0.05) is 12.0 Å². The van der Waals surface area contributed by atoms with Crippen molar-refractivity contribution >= 4 is 5.78 Å². The summed E-state index contributed by atoms with van der Waals surface area (Å²) in [5, 5.41) is 0. The summed E-state index contributed by atoms with van der Waals surface area (Å²) < 4.78 is 0. The minimum absolute atomic E-state index is 0.0970. The van der Waals surface area contributed by atoms with Gasteiger partial charge >= 0.3 is 0 Å². The average molecular weight is 259 g/mol. The van der Waals surface area contributed by atoms with Crippen LogP contribution in [0.3, 0.4) is 0 Å². The molecule has 0 spiro atoms. The van der Waals surface area contributed by atoms with Gasteiger partial charge in [-0.3, -0.25) is 4.79 Å². The van der Waals surface area contributed by atoms with Gasteiger partial charge in [-0.1, -0.05) is 51.5 Å². The van der Waals surface area contributed by atoms with Crippen LogP contribution in [-0.2, 0) is 5.41 Å². The molecule has 104 valence electrons. The van der Waals surface area contributed by atoms with Crippen LogP contribution >= 0.6 is 0 Å². The van der Waals surface area contributed by atoms with Crippen molar-refractivity contribution < 1.29 is 4.79 Å². The number of Topliss-reactive ketones (excluding diaryl/α,β-unsaturated/α-hetero) is 1. The van der Waals surface area contributed by atoms with Crippen LogP contribution in [0.2, 0.25) is 0 Å². The standard InChI is InChI=1S/C17H25NO/c1-16(2,3)14-7-5-13(6-8-14)15(19)11-17(12-18)9-4-10-17/h5-8H,4,9-12,18H2,1-3H3. The third kappa shape index (κ3) is 3.06. The molecule has 0 unspecified atom stereocenters. The van der Waals surface area contributed by atoms with Crippen molar-refractivity contribution in [2.45, 2.75) is 51.9 Å². The SMILES string of the molecule is CC(C)(C)c1ccc(C(=O)CC2(CN)CCC2)cc1. The molecule has 0 saturated heterocycles.